The number of carbonyl (C=O) groups excluding carboxylic acids is 3. The summed E-state index contributed by atoms with van der Waals surface area (Å²) in [6, 6.07) is 13.9. The fraction of sp³-hybridized carbons (Fsp3) is 0.500. The number of benzene rings is 2. The SMILES string of the molecule is CC(C)CCNC(=O)[C@H](Cc1ccc(OC(=O)Cc2ccccc2Br)cc1)NC(=O)C1CCC(CN)CC1. The average molecular weight is 587 g/mol. The van der Waals surface area contributed by atoms with Gasteiger partial charge >= 0.3 is 5.97 Å². The van der Waals surface area contributed by atoms with E-state index < -0.39 is 6.04 Å². The summed E-state index contributed by atoms with van der Waals surface area (Å²) >= 11 is 3.45. The van der Waals surface area contributed by atoms with Gasteiger partial charge in [-0.1, -0.05) is 60.1 Å². The average Bonchev–Trinajstić information content (AvgIpc) is 2.90. The Morgan fingerprint density at radius 2 is 1.71 bits per heavy atom. The van der Waals surface area contributed by atoms with Crippen LogP contribution in [0, 0.1) is 17.8 Å². The van der Waals surface area contributed by atoms with Gasteiger partial charge in [0.25, 0.3) is 0 Å². The summed E-state index contributed by atoms with van der Waals surface area (Å²) in [6.07, 6.45) is 4.87. The molecule has 1 aliphatic rings. The molecule has 0 bridgehead atoms. The Morgan fingerprint density at radius 1 is 1.03 bits per heavy atom. The Hall–Kier alpha value is -2.71. The molecule has 2 aromatic rings. The summed E-state index contributed by atoms with van der Waals surface area (Å²) in [6.45, 7) is 5.44. The van der Waals surface area contributed by atoms with Gasteiger partial charge < -0.3 is 21.1 Å². The third kappa shape index (κ3) is 9.55. The van der Waals surface area contributed by atoms with Crippen LogP contribution < -0.4 is 21.1 Å². The number of nitrogens with two attached hydrogens (primary N) is 1. The van der Waals surface area contributed by atoms with Crippen molar-refractivity contribution in [3.05, 3.63) is 64.1 Å². The van der Waals surface area contributed by atoms with Crippen LogP contribution in [0.4, 0.5) is 0 Å². The second-order valence-corrected chi connectivity index (χ2v) is 11.4. The Balaban J connectivity index is 1.60. The van der Waals surface area contributed by atoms with Crippen LogP contribution in [0.5, 0.6) is 5.75 Å². The van der Waals surface area contributed by atoms with Gasteiger partial charge in [-0.05, 0) is 79.8 Å². The molecule has 4 N–H and O–H groups in total. The molecule has 0 unspecified atom stereocenters. The molecule has 1 atom stereocenters. The number of amides is 2. The number of nitrogens with one attached hydrogen (secondary N) is 2. The highest BCUT2D eigenvalue weighted by atomic mass is 79.9. The smallest absolute Gasteiger partial charge is 0.315 e. The van der Waals surface area contributed by atoms with Crippen molar-refractivity contribution in [1.82, 2.24) is 10.6 Å². The maximum atomic E-state index is 13.0. The normalized spacial score (nSPS) is 18.0. The van der Waals surface area contributed by atoms with E-state index in [2.05, 4.69) is 40.4 Å². The van der Waals surface area contributed by atoms with Crippen molar-refractivity contribution >= 4 is 33.7 Å². The van der Waals surface area contributed by atoms with Crippen LogP contribution in [0.25, 0.3) is 0 Å². The zero-order valence-corrected chi connectivity index (χ0v) is 24.0. The number of rotatable bonds is 12. The maximum absolute atomic E-state index is 13.0. The van der Waals surface area contributed by atoms with E-state index in [0.717, 1.165) is 47.7 Å². The molecule has 0 aromatic heterocycles. The molecule has 1 fully saturated rings. The molecule has 38 heavy (non-hydrogen) atoms. The highest BCUT2D eigenvalue weighted by Crippen LogP contribution is 2.28. The Bertz CT molecular complexity index is 1070. The van der Waals surface area contributed by atoms with Crippen molar-refractivity contribution < 1.29 is 19.1 Å². The monoisotopic (exact) mass is 585 g/mol. The second kappa shape index (κ2) is 15.0. The first-order chi connectivity index (χ1) is 18.2. The van der Waals surface area contributed by atoms with E-state index >= 15 is 0 Å². The number of carbonyl (C=O) groups is 3. The van der Waals surface area contributed by atoms with E-state index in [4.69, 9.17) is 10.5 Å². The Morgan fingerprint density at radius 3 is 2.34 bits per heavy atom. The van der Waals surface area contributed by atoms with Gasteiger partial charge in [0.05, 0.1) is 6.42 Å². The quantitative estimate of drug-likeness (QED) is 0.250. The lowest BCUT2D eigenvalue weighted by atomic mass is 9.81. The van der Waals surface area contributed by atoms with E-state index in [9.17, 15) is 14.4 Å². The number of ether oxygens (including phenoxy) is 1. The van der Waals surface area contributed by atoms with Crippen LogP contribution in [0.2, 0.25) is 0 Å². The van der Waals surface area contributed by atoms with E-state index in [1.54, 1.807) is 12.1 Å². The molecular weight excluding hydrogens is 546 g/mol. The first-order valence-electron chi connectivity index (χ1n) is 13.6. The Labute approximate surface area is 234 Å². The van der Waals surface area contributed by atoms with Crippen molar-refractivity contribution in [3.8, 4) is 5.75 Å². The fourth-order valence-corrected chi connectivity index (χ4v) is 5.09. The molecule has 0 aliphatic heterocycles. The molecule has 0 heterocycles. The van der Waals surface area contributed by atoms with Crippen molar-refractivity contribution in [3.63, 3.8) is 0 Å². The lowest BCUT2D eigenvalue weighted by Gasteiger charge is -2.28. The zero-order valence-electron chi connectivity index (χ0n) is 22.4. The predicted molar refractivity (Wildman–Crippen MR) is 153 cm³/mol. The van der Waals surface area contributed by atoms with Crippen molar-refractivity contribution in [1.29, 1.82) is 0 Å². The van der Waals surface area contributed by atoms with Crippen molar-refractivity contribution in [2.24, 2.45) is 23.5 Å². The van der Waals surface area contributed by atoms with Crippen molar-refractivity contribution in [2.75, 3.05) is 13.1 Å². The summed E-state index contributed by atoms with van der Waals surface area (Å²) in [5.41, 5.74) is 7.52. The molecule has 0 radical (unpaired) electrons. The molecule has 1 saturated carbocycles. The highest BCUT2D eigenvalue weighted by Gasteiger charge is 2.29. The summed E-state index contributed by atoms with van der Waals surface area (Å²) in [5.74, 6) is 0.694. The topological polar surface area (TPSA) is 111 Å². The van der Waals surface area contributed by atoms with Gasteiger partial charge in [0.1, 0.15) is 11.8 Å². The van der Waals surface area contributed by atoms with Crippen molar-refractivity contribution in [2.45, 2.75) is 64.8 Å². The van der Waals surface area contributed by atoms with Crippen LogP contribution >= 0.6 is 15.9 Å². The van der Waals surface area contributed by atoms with Gasteiger partial charge in [0.15, 0.2) is 0 Å². The largest absolute Gasteiger partial charge is 0.426 e. The molecule has 3 rings (SSSR count). The third-order valence-corrected chi connectivity index (χ3v) is 7.87. The second-order valence-electron chi connectivity index (χ2n) is 10.6. The molecule has 2 aromatic carbocycles. The van der Waals surface area contributed by atoms with Gasteiger partial charge in [-0.3, -0.25) is 14.4 Å². The number of esters is 1. The van der Waals surface area contributed by atoms with Crippen LogP contribution in [0.15, 0.2) is 53.0 Å². The van der Waals surface area contributed by atoms with Gasteiger partial charge in [-0.2, -0.15) is 0 Å². The third-order valence-electron chi connectivity index (χ3n) is 7.09. The minimum absolute atomic E-state index is 0.0675. The molecule has 0 spiro atoms. The van der Waals surface area contributed by atoms with Gasteiger partial charge in [0, 0.05) is 23.4 Å². The lowest BCUT2D eigenvalue weighted by molar-refractivity contribution is -0.133. The summed E-state index contributed by atoms with van der Waals surface area (Å²) in [5, 5.41) is 5.99. The summed E-state index contributed by atoms with van der Waals surface area (Å²) in [7, 11) is 0. The molecule has 206 valence electrons. The van der Waals surface area contributed by atoms with Crippen LogP contribution in [0.3, 0.4) is 0 Å². The Kier molecular flexibility index (Phi) is 11.8. The number of hydrogen-bond donors (Lipinski definition) is 3. The van der Waals surface area contributed by atoms with Gasteiger partial charge in [-0.25, -0.2) is 0 Å². The number of halogens is 1. The molecule has 1 aliphatic carbocycles. The minimum Gasteiger partial charge on any atom is -0.426 e. The van der Waals surface area contributed by atoms with Crippen LogP contribution in [-0.4, -0.2) is 36.9 Å². The molecule has 2 amide bonds. The zero-order chi connectivity index (χ0) is 27.5. The molecule has 8 heteroatoms. The minimum atomic E-state index is -0.675. The van der Waals surface area contributed by atoms with E-state index in [0.29, 0.717) is 37.1 Å². The maximum Gasteiger partial charge on any atom is 0.315 e. The van der Waals surface area contributed by atoms with Crippen LogP contribution in [0.1, 0.15) is 57.1 Å². The highest BCUT2D eigenvalue weighted by molar-refractivity contribution is 9.10. The summed E-state index contributed by atoms with van der Waals surface area (Å²) < 4.78 is 6.36. The van der Waals surface area contributed by atoms with E-state index in [1.807, 2.05) is 36.4 Å². The first kappa shape index (κ1) is 29.8. The van der Waals surface area contributed by atoms with Crippen LogP contribution in [-0.2, 0) is 27.2 Å². The van der Waals surface area contributed by atoms with Gasteiger partial charge in [0.2, 0.25) is 11.8 Å². The molecule has 0 saturated heterocycles. The fourth-order valence-electron chi connectivity index (χ4n) is 4.66. The molecule has 7 nitrogen and oxygen atoms in total. The van der Waals surface area contributed by atoms with E-state index in [1.165, 1.54) is 0 Å². The standard InChI is InChI=1S/C30H40BrN3O4/c1-20(2)15-16-33-30(37)27(34-29(36)23-11-7-22(19-32)8-12-23)17-21-9-13-25(14-10-21)38-28(35)18-24-5-3-4-6-26(24)31/h3-6,9-10,13-14,20,22-23,27H,7-8,11-12,15-19,32H2,1-2H3,(H,33,37)(H,34,36)/t22?,23?,27-/m0/s1. The summed E-state index contributed by atoms with van der Waals surface area (Å²) in [4.78, 5) is 38.5. The lowest BCUT2D eigenvalue weighted by Crippen LogP contribution is -2.50. The number of hydrogen-bond acceptors (Lipinski definition) is 5. The van der Waals surface area contributed by atoms with Gasteiger partial charge in [-0.15, -0.1) is 0 Å². The first-order valence-corrected chi connectivity index (χ1v) is 14.4. The molecular formula is C30H40BrN3O4. The van der Waals surface area contributed by atoms with E-state index in [-0.39, 0.29) is 30.1 Å². The predicted octanol–water partition coefficient (Wildman–Crippen LogP) is 4.55.